The van der Waals surface area contributed by atoms with Crippen molar-refractivity contribution in [3.8, 4) is 0 Å². The molecule has 2 unspecified atom stereocenters. The molecule has 0 aliphatic heterocycles. The molecule has 2 aliphatic carbocycles. The molecule has 2 fully saturated rings. The quantitative estimate of drug-likeness (QED) is 0.581. The van der Waals surface area contributed by atoms with E-state index in [9.17, 15) is 0 Å². The molecule has 0 radical (unpaired) electrons. The smallest absolute Gasteiger partial charge is 0.0294 e. The number of hydrogen-bond donors (Lipinski definition) is 0. The lowest BCUT2D eigenvalue weighted by molar-refractivity contribution is 0.156. The van der Waals surface area contributed by atoms with E-state index in [4.69, 9.17) is 0 Å². The summed E-state index contributed by atoms with van der Waals surface area (Å²) >= 11 is 0. The molecule has 0 N–H and O–H groups in total. The molecule has 2 saturated carbocycles. The molecule has 0 aromatic carbocycles. The third-order valence-electron chi connectivity index (χ3n) is 4.41. The van der Waals surface area contributed by atoms with Gasteiger partial charge in [0.1, 0.15) is 0 Å². The average molecular weight is 166 g/mol. The zero-order valence-electron chi connectivity index (χ0n) is 8.60. The van der Waals surface area contributed by atoms with Crippen LogP contribution < -0.4 is 0 Å². The van der Waals surface area contributed by atoms with E-state index in [1.807, 2.05) is 0 Å². The van der Waals surface area contributed by atoms with Crippen LogP contribution in [0.5, 0.6) is 0 Å². The van der Waals surface area contributed by atoms with Crippen LogP contribution in [0.4, 0.5) is 0 Å². The van der Waals surface area contributed by atoms with Gasteiger partial charge in [-0.1, -0.05) is 26.7 Å². The first-order valence-electron chi connectivity index (χ1n) is 5.79. The van der Waals surface area contributed by atoms with Crippen molar-refractivity contribution in [1.82, 2.24) is 0 Å². The molecule has 0 amide bonds. The van der Waals surface area contributed by atoms with Crippen molar-refractivity contribution in [3.05, 3.63) is 0 Å². The Labute approximate surface area is 76.7 Å². The van der Waals surface area contributed by atoms with Crippen molar-refractivity contribution in [2.24, 2.45) is 17.3 Å². The van der Waals surface area contributed by atoms with Crippen molar-refractivity contribution in [2.45, 2.75) is 58.8 Å². The van der Waals surface area contributed by atoms with Crippen LogP contribution in [-0.2, 0) is 0 Å². The van der Waals surface area contributed by atoms with E-state index in [1.54, 1.807) is 25.7 Å². The fourth-order valence-corrected chi connectivity index (χ4v) is 3.20. The summed E-state index contributed by atoms with van der Waals surface area (Å²) in [6.07, 6.45) is 10.6. The normalized spacial score (nSPS) is 38.5. The van der Waals surface area contributed by atoms with Crippen LogP contribution in [0.15, 0.2) is 0 Å². The molecule has 2 rings (SSSR count). The second-order valence-electron chi connectivity index (χ2n) is 5.08. The summed E-state index contributed by atoms with van der Waals surface area (Å²) in [6, 6.07) is 0. The monoisotopic (exact) mass is 166 g/mol. The van der Waals surface area contributed by atoms with Crippen molar-refractivity contribution in [1.29, 1.82) is 0 Å². The van der Waals surface area contributed by atoms with Gasteiger partial charge in [-0.25, -0.2) is 0 Å². The highest BCUT2D eigenvalue weighted by molar-refractivity contribution is 4.98. The molecule has 1 spiro atoms. The molecule has 0 aromatic heterocycles. The van der Waals surface area contributed by atoms with Gasteiger partial charge in [0.15, 0.2) is 0 Å². The van der Waals surface area contributed by atoms with Crippen LogP contribution in [-0.4, -0.2) is 0 Å². The first kappa shape index (κ1) is 8.59. The van der Waals surface area contributed by atoms with Crippen LogP contribution in [0.3, 0.4) is 0 Å². The third kappa shape index (κ3) is 1.41. The molecule has 0 nitrogen and oxygen atoms in total. The van der Waals surface area contributed by atoms with Crippen LogP contribution in [0.25, 0.3) is 0 Å². The second kappa shape index (κ2) is 3.05. The van der Waals surface area contributed by atoms with Crippen LogP contribution in [0.1, 0.15) is 58.8 Å². The van der Waals surface area contributed by atoms with Gasteiger partial charge in [0.25, 0.3) is 0 Å². The standard InChI is InChI=1S/C12H22/c1-3-10-5-6-12(7-8-12)9-11(10)4-2/h10-11H,3-9H2,1-2H3. The van der Waals surface area contributed by atoms with E-state index in [0.29, 0.717) is 0 Å². The molecule has 0 saturated heterocycles. The van der Waals surface area contributed by atoms with Crippen molar-refractivity contribution >= 4 is 0 Å². The van der Waals surface area contributed by atoms with E-state index in [-0.39, 0.29) is 0 Å². The summed E-state index contributed by atoms with van der Waals surface area (Å²) in [5, 5.41) is 0. The maximum atomic E-state index is 2.38. The Bertz CT molecular complexity index is 155. The van der Waals surface area contributed by atoms with Crippen LogP contribution in [0.2, 0.25) is 0 Å². The first-order chi connectivity index (χ1) is 5.79. The van der Waals surface area contributed by atoms with Gasteiger partial charge >= 0.3 is 0 Å². The topological polar surface area (TPSA) is 0 Å². The number of rotatable bonds is 2. The molecule has 70 valence electrons. The van der Waals surface area contributed by atoms with Gasteiger partial charge in [0.2, 0.25) is 0 Å². The molecular weight excluding hydrogens is 144 g/mol. The summed E-state index contributed by atoms with van der Waals surface area (Å²) < 4.78 is 0. The fourth-order valence-electron chi connectivity index (χ4n) is 3.20. The van der Waals surface area contributed by atoms with Gasteiger partial charge in [0, 0.05) is 0 Å². The largest absolute Gasteiger partial charge is 0.0651 e. The van der Waals surface area contributed by atoms with Crippen LogP contribution in [0, 0.1) is 17.3 Å². The molecule has 0 heteroatoms. The Morgan fingerprint density at radius 3 is 2.17 bits per heavy atom. The lowest BCUT2D eigenvalue weighted by Crippen LogP contribution is -2.24. The van der Waals surface area contributed by atoms with Crippen molar-refractivity contribution < 1.29 is 0 Å². The maximum absolute atomic E-state index is 2.38. The summed E-state index contributed by atoms with van der Waals surface area (Å²) in [4.78, 5) is 0. The Morgan fingerprint density at radius 1 is 1.00 bits per heavy atom. The minimum Gasteiger partial charge on any atom is -0.0651 e. The van der Waals surface area contributed by atoms with Gasteiger partial charge in [-0.2, -0.15) is 0 Å². The highest BCUT2D eigenvalue weighted by Gasteiger charge is 2.47. The van der Waals surface area contributed by atoms with Crippen LogP contribution >= 0.6 is 0 Å². The van der Waals surface area contributed by atoms with Gasteiger partial charge in [-0.15, -0.1) is 0 Å². The zero-order valence-corrected chi connectivity index (χ0v) is 8.60. The van der Waals surface area contributed by atoms with Crippen molar-refractivity contribution in [2.75, 3.05) is 0 Å². The number of hydrogen-bond acceptors (Lipinski definition) is 0. The van der Waals surface area contributed by atoms with Gasteiger partial charge in [0.05, 0.1) is 0 Å². The summed E-state index contributed by atoms with van der Waals surface area (Å²) in [6.45, 7) is 4.76. The predicted octanol–water partition coefficient (Wildman–Crippen LogP) is 4.00. The Balaban J connectivity index is 1.95. The van der Waals surface area contributed by atoms with E-state index in [1.165, 1.54) is 19.3 Å². The third-order valence-corrected chi connectivity index (χ3v) is 4.41. The highest BCUT2D eigenvalue weighted by atomic mass is 14.5. The second-order valence-corrected chi connectivity index (χ2v) is 5.08. The van der Waals surface area contributed by atoms with Gasteiger partial charge in [-0.05, 0) is 49.4 Å². The lowest BCUT2D eigenvalue weighted by Gasteiger charge is -2.35. The Kier molecular flexibility index (Phi) is 2.18. The van der Waals surface area contributed by atoms with Gasteiger partial charge in [-0.3, -0.25) is 0 Å². The zero-order chi connectivity index (χ0) is 8.60. The predicted molar refractivity (Wildman–Crippen MR) is 53.1 cm³/mol. The molecule has 0 bridgehead atoms. The summed E-state index contributed by atoms with van der Waals surface area (Å²) in [5.41, 5.74) is 0.881. The fraction of sp³-hybridized carbons (Fsp3) is 1.00. The molecule has 2 aliphatic rings. The SMILES string of the molecule is CCC1CCC2(CC2)CC1CC. The maximum Gasteiger partial charge on any atom is -0.0294 e. The first-order valence-corrected chi connectivity index (χ1v) is 5.79. The molecule has 2 atom stereocenters. The summed E-state index contributed by atoms with van der Waals surface area (Å²) in [7, 11) is 0. The highest BCUT2D eigenvalue weighted by Crippen LogP contribution is 2.59. The van der Waals surface area contributed by atoms with E-state index < -0.39 is 0 Å². The van der Waals surface area contributed by atoms with E-state index in [0.717, 1.165) is 17.3 Å². The lowest BCUT2D eigenvalue weighted by atomic mass is 9.70. The molecule has 0 heterocycles. The van der Waals surface area contributed by atoms with E-state index in [2.05, 4.69) is 13.8 Å². The molecular formula is C12H22. The summed E-state index contributed by atoms with van der Waals surface area (Å²) in [5.74, 6) is 2.15. The Morgan fingerprint density at radius 2 is 1.67 bits per heavy atom. The van der Waals surface area contributed by atoms with Gasteiger partial charge < -0.3 is 0 Å². The van der Waals surface area contributed by atoms with Crippen molar-refractivity contribution in [3.63, 3.8) is 0 Å². The minimum absolute atomic E-state index is 0.881. The molecule has 12 heavy (non-hydrogen) atoms. The average Bonchev–Trinajstić information content (AvgIpc) is 2.85. The molecule has 0 aromatic rings. The minimum atomic E-state index is 0.881. The Hall–Kier alpha value is 0. The van der Waals surface area contributed by atoms with E-state index >= 15 is 0 Å².